The summed E-state index contributed by atoms with van der Waals surface area (Å²) in [7, 11) is 0. The van der Waals surface area contributed by atoms with Crippen LogP contribution >= 0.6 is 0 Å². The van der Waals surface area contributed by atoms with Crippen molar-refractivity contribution in [2.75, 3.05) is 0 Å². The number of benzene rings is 3. The van der Waals surface area contributed by atoms with Crippen molar-refractivity contribution < 1.29 is 15.3 Å². The Balaban J connectivity index is 2.51. The first-order valence-corrected chi connectivity index (χ1v) is 10.6. The summed E-state index contributed by atoms with van der Waals surface area (Å²) in [5, 5.41) is 33.3. The number of aromatic hydroxyl groups is 3. The van der Waals surface area contributed by atoms with Crippen LogP contribution in [-0.2, 0) is 0 Å². The number of aryl methyl sites for hydroxylation is 2. The van der Waals surface area contributed by atoms with Gasteiger partial charge >= 0.3 is 0 Å². The van der Waals surface area contributed by atoms with E-state index in [9.17, 15) is 15.3 Å². The van der Waals surface area contributed by atoms with E-state index in [0.29, 0.717) is 5.56 Å². The smallest absolute Gasteiger partial charge is 0.122 e. The van der Waals surface area contributed by atoms with Gasteiger partial charge in [0.05, 0.1) is 0 Å². The van der Waals surface area contributed by atoms with Gasteiger partial charge in [-0.25, -0.2) is 0 Å². The lowest BCUT2D eigenvalue weighted by Gasteiger charge is -2.29. The van der Waals surface area contributed by atoms with Crippen molar-refractivity contribution in [2.45, 2.75) is 59.3 Å². The topological polar surface area (TPSA) is 60.7 Å². The van der Waals surface area contributed by atoms with E-state index in [2.05, 4.69) is 27.7 Å². The molecule has 3 N–H and O–H groups in total. The fraction of sp³-hybridized carbons (Fsp3) is 0.333. The Morgan fingerprint density at radius 1 is 0.567 bits per heavy atom. The zero-order valence-electron chi connectivity index (χ0n) is 18.7. The molecule has 0 aliphatic carbocycles. The van der Waals surface area contributed by atoms with Crippen molar-refractivity contribution in [1.29, 1.82) is 0 Å². The Morgan fingerprint density at radius 2 is 1.00 bits per heavy atom. The molecular weight excluding hydrogens is 372 g/mol. The van der Waals surface area contributed by atoms with Gasteiger partial charge in [0.1, 0.15) is 17.2 Å². The quantitative estimate of drug-likeness (QED) is 0.408. The second-order valence-corrected chi connectivity index (χ2v) is 8.77. The van der Waals surface area contributed by atoms with E-state index in [4.69, 9.17) is 0 Å². The van der Waals surface area contributed by atoms with Gasteiger partial charge in [0.25, 0.3) is 0 Å². The molecule has 30 heavy (non-hydrogen) atoms. The summed E-state index contributed by atoms with van der Waals surface area (Å²) >= 11 is 0. The first-order valence-electron chi connectivity index (χ1n) is 10.6. The largest absolute Gasteiger partial charge is 0.508 e. The molecule has 0 aliphatic heterocycles. The van der Waals surface area contributed by atoms with Gasteiger partial charge in [-0.3, -0.25) is 0 Å². The molecule has 3 aromatic carbocycles. The van der Waals surface area contributed by atoms with Gasteiger partial charge in [0.15, 0.2) is 0 Å². The molecule has 3 nitrogen and oxygen atoms in total. The van der Waals surface area contributed by atoms with Gasteiger partial charge in [-0.1, -0.05) is 70.2 Å². The van der Waals surface area contributed by atoms with Crippen LogP contribution in [0.4, 0.5) is 0 Å². The minimum Gasteiger partial charge on any atom is -0.508 e. The van der Waals surface area contributed by atoms with Crippen LogP contribution < -0.4 is 0 Å². The maximum atomic E-state index is 11.2. The van der Waals surface area contributed by atoms with Crippen LogP contribution in [0, 0.1) is 13.8 Å². The van der Waals surface area contributed by atoms with Gasteiger partial charge in [-0.15, -0.1) is 0 Å². The van der Waals surface area contributed by atoms with Crippen molar-refractivity contribution in [3.05, 3.63) is 87.5 Å². The van der Waals surface area contributed by atoms with E-state index < -0.39 is 5.92 Å². The highest BCUT2D eigenvalue weighted by atomic mass is 16.3. The van der Waals surface area contributed by atoms with Gasteiger partial charge in [0, 0.05) is 22.6 Å². The van der Waals surface area contributed by atoms with Crippen molar-refractivity contribution in [3.63, 3.8) is 0 Å². The van der Waals surface area contributed by atoms with E-state index in [0.717, 1.165) is 33.4 Å². The zero-order valence-corrected chi connectivity index (χ0v) is 18.7. The van der Waals surface area contributed by atoms with Crippen LogP contribution in [0.5, 0.6) is 17.2 Å². The molecule has 0 bridgehead atoms. The molecule has 0 unspecified atom stereocenters. The Bertz CT molecular complexity index is 1000. The predicted molar refractivity (Wildman–Crippen MR) is 123 cm³/mol. The zero-order chi connectivity index (χ0) is 22.2. The SMILES string of the molecule is Cc1ccc(C(C)C)c(C(c2ccccc2O)c2c(C(C)C)ccc(C)c2O)c1O. The monoisotopic (exact) mass is 404 g/mol. The Morgan fingerprint density at radius 3 is 1.40 bits per heavy atom. The summed E-state index contributed by atoms with van der Waals surface area (Å²) < 4.78 is 0. The number of phenolic OH excluding ortho intramolecular Hbond substituents is 3. The number of hydrogen-bond acceptors (Lipinski definition) is 3. The summed E-state index contributed by atoms with van der Waals surface area (Å²) in [5.41, 5.74) is 5.71. The summed E-state index contributed by atoms with van der Waals surface area (Å²) in [6.45, 7) is 12.1. The number of para-hydroxylation sites is 1. The lowest BCUT2D eigenvalue weighted by atomic mass is 9.75. The van der Waals surface area contributed by atoms with Gasteiger partial charge < -0.3 is 15.3 Å². The average Bonchev–Trinajstić information content (AvgIpc) is 2.69. The van der Waals surface area contributed by atoms with Crippen LogP contribution in [0.15, 0.2) is 48.5 Å². The van der Waals surface area contributed by atoms with E-state index in [-0.39, 0.29) is 29.1 Å². The lowest BCUT2D eigenvalue weighted by Crippen LogP contribution is -2.13. The molecule has 0 heterocycles. The second kappa shape index (κ2) is 8.43. The highest BCUT2D eigenvalue weighted by Crippen LogP contribution is 2.49. The molecule has 0 radical (unpaired) electrons. The third-order valence-corrected chi connectivity index (χ3v) is 5.97. The van der Waals surface area contributed by atoms with E-state index >= 15 is 0 Å². The van der Waals surface area contributed by atoms with Crippen LogP contribution in [0.1, 0.15) is 84.4 Å². The van der Waals surface area contributed by atoms with E-state index in [1.54, 1.807) is 12.1 Å². The van der Waals surface area contributed by atoms with Crippen LogP contribution in [0.3, 0.4) is 0 Å². The minimum atomic E-state index is -0.499. The summed E-state index contributed by atoms with van der Waals surface area (Å²) in [6, 6.07) is 15.1. The summed E-state index contributed by atoms with van der Waals surface area (Å²) in [4.78, 5) is 0. The number of rotatable bonds is 5. The molecule has 0 saturated heterocycles. The predicted octanol–water partition coefficient (Wildman–Crippen LogP) is 6.85. The highest BCUT2D eigenvalue weighted by Gasteiger charge is 2.32. The Kier molecular flexibility index (Phi) is 6.12. The molecular formula is C27H32O3. The fourth-order valence-corrected chi connectivity index (χ4v) is 4.27. The molecule has 158 valence electrons. The van der Waals surface area contributed by atoms with Crippen molar-refractivity contribution in [1.82, 2.24) is 0 Å². The molecule has 0 aromatic heterocycles. The standard InChI is InChI=1S/C27H32O3/c1-15(2)19-13-11-17(5)26(29)24(19)23(21-9-7-8-10-22(21)28)25-20(16(3)4)14-12-18(6)27(25)30/h7-16,23,28-30H,1-6H3. The molecule has 0 saturated carbocycles. The molecule has 0 aliphatic rings. The van der Waals surface area contributed by atoms with Gasteiger partial charge in [0.2, 0.25) is 0 Å². The molecule has 0 fully saturated rings. The van der Waals surface area contributed by atoms with Gasteiger partial charge in [-0.05, 0) is 54.0 Å². The maximum Gasteiger partial charge on any atom is 0.122 e. The average molecular weight is 405 g/mol. The molecule has 3 aromatic rings. The van der Waals surface area contributed by atoms with Crippen LogP contribution in [0.2, 0.25) is 0 Å². The van der Waals surface area contributed by atoms with Crippen LogP contribution in [-0.4, -0.2) is 15.3 Å². The van der Waals surface area contributed by atoms with Crippen molar-refractivity contribution in [2.24, 2.45) is 0 Å². The van der Waals surface area contributed by atoms with E-state index in [1.165, 1.54) is 0 Å². The molecule has 3 rings (SSSR count). The van der Waals surface area contributed by atoms with Crippen molar-refractivity contribution >= 4 is 0 Å². The maximum absolute atomic E-state index is 11.2. The molecule has 0 amide bonds. The first-order chi connectivity index (χ1) is 14.1. The van der Waals surface area contributed by atoms with E-state index in [1.807, 2.05) is 50.2 Å². The normalized spacial score (nSPS) is 11.6. The Hall–Kier alpha value is -2.94. The highest BCUT2D eigenvalue weighted by molar-refractivity contribution is 5.63. The number of hydrogen-bond donors (Lipinski definition) is 3. The summed E-state index contributed by atoms with van der Waals surface area (Å²) in [6.07, 6.45) is 0. The fourth-order valence-electron chi connectivity index (χ4n) is 4.27. The minimum absolute atomic E-state index is 0.147. The third kappa shape index (κ3) is 3.77. The number of phenols is 3. The lowest BCUT2D eigenvalue weighted by molar-refractivity contribution is 0.444. The second-order valence-electron chi connectivity index (χ2n) is 8.77. The third-order valence-electron chi connectivity index (χ3n) is 5.97. The first kappa shape index (κ1) is 21.8. The Labute approximate surface area is 179 Å². The summed E-state index contributed by atoms with van der Waals surface area (Å²) in [5.74, 6) is 0.397. The molecule has 3 heteroatoms. The molecule has 0 spiro atoms. The van der Waals surface area contributed by atoms with Crippen LogP contribution in [0.25, 0.3) is 0 Å². The van der Waals surface area contributed by atoms with Gasteiger partial charge in [-0.2, -0.15) is 0 Å². The molecule has 0 atom stereocenters. The van der Waals surface area contributed by atoms with Crippen molar-refractivity contribution in [3.8, 4) is 17.2 Å².